The molecule has 0 bridgehead atoms. The van der Waals surface area contributed by atoms with Crippen molar-refractivity contribution in [1.82, 2.24) is 9.55 Å². The molecule has 0 unspecified atom stereocenters. The van der Waals surface area contributed by atoms with Crippen LogP contribution in [-0.2, 0) is 6.18 Å². The molecule has 0 saturated heterocycles. The SMILES string of the molecule is O=C(O)c1ccc2c(c1)nc(-c1ccc(C(=O)Nc3cccc(C(F)(F)F)c3)cc1)n2C1CCCC1. The van der Waals surface area contributed by atoms with Gasteiger partial charge in [-0.15, -0.1) is 0 Å². The highest BCUT2D eigenvalue weighted by Gasteiger charge is 2.30. The number of benzene rings is 3. The zero-order valence-electron chi connectivity index (χ0n) is 19.0. The maximum Gasteiger partial charge on any atom is 0.416 e. The third-order valence-electron chi connectivity index (χ3n) is 6.48. The lowest BCUT2D eigenvalue weighted by Crippen LogP contribution is -2.13. The van der Waals surface area contributed by atoms with Crippen LogP contribution in [0, 0.1) is 0 Å². The van der Waals surface area contributed by atoms with Gasteiger partial charge in [0.15, 0.2) is 0 Å². The molecule has 1 amide bonds. The first-order valence-electron chi connectivity index (χ1n) is 11.5. The highest BCUT2D eigenvalue weighted by molar-refractivity contribution is 6.04. The fourth-order valence-electron chi connectivity index (χ4n) is 4.71. The number of aromatic carboxylic acids is 1. The number of hydrogen-bond donors (Lipinski definition) is 2. The Morgan fingerprint density at radius 2 is 1.64 bits per heavy atom. The summed E-state index contributed by atoms with van der Waals surface area (Å²) in [6.45, 7) is 0. The Kier molecular flexibility index (Phi) is 5.99. The Balaban J connectivity index is 1.45. The largest absolute Gasteiger partial charge is 0.478 e. The number of carbonyl (C=O) groups is 2. The lowest BCUT2D eigenvalue weighted by molar-refractivity contribution is -0.137. The van der Waals surface area contributed by atoms with Crippen LogP contribution >= 0.6 is 0 Å². The molecule has 2 N–H and O–H groups in total. The summed E-state index contributed by atoms with van der Waals surface area (Å²) in [7, 11) is 0. The van der Waals surface area contributed by atoms with Crippen molar-refractivity contribution in [3.63, 3.8) is 0 Å². The molecule has 0 spiro atoms. The van der Waals surface area contributed by atoms with Gasteiger partial charge in [0.05, 0.1) is 22.2 Å². The van der Waals surface area contributed by atoms with Crippen LogP contribution < -0.4 is 5.32 Å². The summed E-state index contributed by atoms with van der Waals surface area (Å²) in [6, 6.07) is 16.3. The number of nitrogens with zero attached hydrogens (tertiary/aromatic N) is 2. The van der Waals surface area contributed by atoms with E-state index in [1.807, 2.05) is 0 Å². The fraction of sp³-hybridized carbons (Fsp3) is 0.222. The molecule has 3 aromatic carbocycles. The number of carboxylic acid groups (broad SMARTS) is 1. The molecule has 4 aromatic rings. The van der Waals surface area contributed by atoms with Crippen LogP contribution in [0.4, 0.5) is 18.9 Å². The average Bonchev–Trinajstić information content (AvgIpc) is 3.51. The number of alkyl halides is 3. The van der Waals surface area contributed by atoms with Gasteiger partial charge < -0.3 is 15.0 Å². The summed E-state index contributed by atoms with van der Waals surface area (Å²) in [5.41, 5.74) is 1.85. The molecule has 1 aliphatic carbocycles. The maximum absolute atomic E-state index is 13.0. The van der Waals surface area contributed by atoms with E-state index >= 15 is 0 Å². The Morgan fingerprint density at radius 3 is 2.31 bits per heavy atom. The summed E-state index contributed by atoms with van der Waals surface area (Å²) < 4.78 is 41.0. The molecule has 184 valence electrons. The van der Waals surface area contributed by atoms with Crippen molar-refractivity contribution >= 4 is 28.6 Å². The highest BCUT2D eigenvalue weighted by Crippen LogP contribution is 2.37. The van der Waals surface area contributed by atoms with Crippen molar-refractivity contribution in [3.8, 4) is 11.4 Å². The standard InChI is InChI=1S/C27H22F3N3O3/c28-27(29,30)19-4-3-5-20(15-19)31-25(34)17-10-8-16(9-11-17)24-32-22-14-18(26(35)36)12-13-23(22)33(24)21-6-1-2-7-21/h3-5,8-15,21H,1-2,6-7H2,(H,31,34)(H,35,36). The van der Waals surface area contributed by atoms with Gasteiger partial charge in [-0.25, -0.2) is 9.78 Å². The highest BCUT2D eigenvalue weighted by atomic mass is 19.4. The third kappa shape index (κ3) is 4.56. The van der Waals surface area contributed by atoms with E-state index in [1.54, 1.807) is 42.5 Å². The van der Waals surface area contributed by atoms with Crippen LogP contribution in [0.2, 0.25) is 0 Å². The Morgan fingerprint density at radius 1 is 0.944 bits per heavy atom. The number of halogens is 3. The van der Waals surface area contributed by atoms with Crippen molar-refractivity contribution < 1.29 is 27.9 Å². The summed E-state index contributed by atoms with van der Waals surface area (Å²) in [4.78, 5) is 28.8. The van der Waals surface area contributed by atoms with Crippen molar-refractivity contribution in [2.24, 2.45) is 0 Å². The number of rotatable bonds is 5. The molecule has 1 heterocycles. The van der Waals surface area contributed by atoms with Crippen molar-refractivity contribution in [1.29, 1.82) is 0 Å². The number of hydrogen-bond acceptors (Lipinski definition) is 3. The molecule has 1 aromatic heterocycles. The number of amides is 1. The topological polar surface area (TPSA) is 84.2 Å². The van der Waals surface area contributed by atoms with Gasteiger partial charge in [-0.2, -0.15) is 13.2 Å². The van der Waals surface area contributed by atoms with E-state index in [1.165, 1.54) is 12.1 Å². The minimum absolute atomic E-state index is 0.0520. The van der Waals surface area contributed by atoms with Crippen LogP contribution in [0.25, 0.3) is 22.4 Å². The second kappa shape index (κ2) is 9.14. The Hall–Kier alpha value is -4.14. The van der Waals surface area contributed by atoms with Crippen LogP contribution in [0.3, 0.4) is 0 Å². The van der Waals surface area contributed by atoms with Crippen molar-refractivity contribution in [3.05, 3.63) is 83.4 Å². The second-order valence-corrected chi connectivity index (χ2v) is 8.86. The quantitative estimate of drug-likeness (QED) is 0.321. The number of nitrogens with one attached hydrogen (secondary N) is 1. The van der Waals surface area contributed by atoms with Gasteiger partial charge in [0.1, 0.15) is 5.82 Å². The van der Waals surface area contributed by atoms with Crippen LogP contribution in [0.1, 0.15) is 58.0 Å². The minimum atomic E-state index is -4.50. The molecular formula is C27H22F3N3O3. The minimum Gasteiger partial charge on any atom is -0.478 e. The number of carbonyl (C=O) groups excluding carboxylic acids is 1. The molecule has 1 aliphatic rings. The van der Waals surface area contributed by atoms with Gasteiger partial charge in [0.25, 0.3) is 5.91 Å². The predicted molar refractivity (Wildman–Crippen MR) is 129 cm³/mol. The monoisotopic (exact) mass is 493 g/mol. The average molecular weight is 493 g/mol. The molecule has 6 nitrogen and oxygen atoms in total. The van der Waals surface area contributed by atoms with Gasteiger partial charge in [-0.1, -0.05) is 31.0 Å². The molecule has 0 radical (unpaired) electrons. The predicted octanol–water partition coefficient (Wildman–Crippen LogP) is 6.79. The smallest absolute Gasteiger partial charge is 0.416 e. The van der Waals surface area contributed by atoms with E-state index in [0.29, 0.717) is 11.3 Å². The first kappa shape index (κ1) is 23.6. The summed E-state index contributed by atoms with van der Waals surface area (Å²) >= 11 is 0. The van der Waals surface area contributed by atoms with Crippen molar-refractivity contribution in [2.45, 2.75) is 37.9 Å². The molecule has 1 fully saturated rings. The summed E-state index contributed by atoms with van der Waals surface area (Å²) in [6.07, 6.45) is -0.303. The fourth-order valence-corrected chi connectivity index (χ4v) is 4.71. The van der Waals surface area contributed by atoms with Gasteiger partial charge >= 0.3 is 12.1 Å². The van der Waals surface area contributed by atoms with Gasteiger partial charge in [-0.3, -0.25) is 4.79 Å². The molecular weight excluding hydrogens is 471 g/mol. The van der Waals surface area contributed by atoms with E-state index in [4.69, 9.17) is 4.98 Å². The molecule has 1 saturated carbocycles. The zero-order valence-corrected chi connectivity index (χ0v) is 19.0. The lowest BCUT2D eigenvalue weighted by Gasteiger charge is -2.17. The van der Waals surface area contributed by atoms with Crippen LogP contribution in [-0.4, -0.2) is 26.5 Å². The van der Waals surface area contributed by atoms with Gasteiger partial charge in [-0.05, 0) is 61.4 Å². The summed E-state index contributed by atoms with van der Waals surface area (Å²) in [5.74, 6) is -0.870. The first-order valence-corrected chi connectivity index (χ1v) is 11.5. The summed E-state index contributed by atoms with van der Waals surface area (Å²) in [5, 5.41) is 11.9. The second-order valence-electron chi connectivity index (χ2n) is 8.86. The Labute approximate surface area is 204 Å². The molecule has 9 heteroatoms. The Bertz CT molecular complexity index is 1450. The molecule has 0 aliphatic heterocycles. The van der Waals surface area contributed by atoms with E-state index in [2.05, 4.69) is 9.88 Å². The number of imidazole rings is 1. The van der Waals surface area contributed by atoms with E-state index in [-0.39, 0.29) is 22.9 Å². The van der Waals surface area contributed by atoms with E-state index in [0.717, 1.165) is 48.9 Å². The van der Waals surface area contributed by atoms with Crippen LogP contribution in [0.15, 0.2) is 66.7 Å². The van der Waals surface area contributed by atoms with Gasteiger partial charge in [0, 0.05) is 22.9 Å². The van der Waals surface area contributed by atoms with E-state index < -0.39 is 23.6 Å². The van der Waals surface area contributed by atoms with Crippen molar-refractivity contribution in [2.75, 3.05) is 5.32 Å². The number of fused-ring (bicyclic) bond motifs is 1. The number of aromatic nitrogens is 2. The number of anilines is 1. The molecule has 36 heavy (non-hydrogen) atoms. The molecule has 5 rings (SSSR count). The lowest BCUT2D eigenvalue weighted by atomic mass is 10.1. The number of carboxylic acids is 1. The molecule has 0 atom stereocenters. The first-order chi connectivity index (χ1) is 17.2. The van der Waals surface area contributed by atoms with Crippen LogP contribution in [0.5, 0.6) is 0 Å². The third-order valence-corrected chi connectivity index (χ3v) is 6.48. The normalized spacial score (nSPS) is 14.3. The van der Waals surface area contributed by atoms with E-state index in [9.17, 15) is 27.9 Å². The van der Waals surface area contributed by atoms with Gasteiger partial charge in [0.2, 0.25) is 0 Å². The zero-order chi connectivity index (χ0) is 25.4. The maximum atomic E-state index is 13.0.